The molecule has 2 N–H and O–H groups in total. The van der Waals surface area contributed by atoms with E-state index in [1.807, 2.05) is 17.5 Å². The summed E-state index contributed by atoms with van der Waals surface area (Å²) in [4.78, 5) is 1.19. The van der Waals surface area contributed by atoms with Gasteiger partial charge in [-0.3, -0.25) is 0 Å². The van der Waals surface area contributed by atoms with Gasteiger partial charge in [-0.15, -0.1) is 11.3 Å². The second-order valence-electron chi connectivity index (χ2n) is 5.45. The Hall–Kier alpha value is -1.20. The van der Waals surface area contributed by atoms with Crippen LogP contribution in [0.5, 0.6) is 0 Å². The zero-order valence-corrected chi connectivity index (χ0v) is 12.8. The highest BCUT2D eigenvalue weighted by molar-refractivity contribution is 7.09. The summed E-state index contributed by atoms with van der Waals surface area (Å²) in [5.41, 5.74) is 2.81. The number of hydrogen-bond acceptors (Lipinski definition) is 4. The van der Waals surface area contributed by atoms with Gasteiger partial charge in [0.05, 0.1) is 19.3 Å². The predicted octanol–water partition coefficient (Wildman–Crippen LogP) is 2.90. The van der Waals surface area contributed by atoms with Crippen LogP contribution in [0.1, 0.15) is 28.5 Å². The van der Waals surface area contributed by atoms with Crippen molar-refractivity contribution < 1.29 is 9.84 Å². The minimum Gasteiger partial charge on any atom is -0.389 e. The van der Waals surface area contributed by atoms with Crippen molar-refractivity contribution in [2.75, 3.05) is 13.2 Å². The third-order valence-electron chi connectivity index (χ3n) is 3.87. The molecule has 1 aromatic carbocycles. The van der Waals surface area contributed by atoms with E-state index in [4.69, 9.17) is 4.74 Å². The van der Waals surface area contributed by atoms with Crippen molar-refractivity contribution in [2.24, 2.45) is 0 Å². The van der Waals surface area contributed by atoms with Crippen LogP contribution < -0.4 is 5.32 Å². The number of aryl methyl sites for hydroxylation is 1. The summed E-state index contributed by atoms with van der Waals surface area (Å²) in [6, 6.07) is 13.0. The van der Waals surface area contributed by atoms with Crippen LogP contribution in [0, 0.1) is 0 Å². The Morgan fingerprint density at radius 1 is 1.29 bits per heavy atom. The quantitative estimate of drug-likeness (QED) is 0.826. The summed E-state index contributed by atoms with van der Waals surface area (Å²) in [6.45, 7) is 1.53. The van der Waals surface area contributed by atoms with Crippen molar-refractivity contribution >= 4 is 11.3 Å². The number of thiophene rings is 1. The van der Waals surface area contributed by atoms with Gasteiger partial charge in [0.15, 0.2) is 0 Å². The molecule has 1 aliphatic rings. The fourth-order valence-corrected chi connectivity index (χ4v) is 3.44. The summed E-state index contributed by atoms with van der Waals surface area (Å²) in [5.74, 6) is 0. The van der Waals surface area contributed by atoms with Crippen molar-refractivity contribution in [3.05, 3.63) is 57.8 Å². The van der Waals surface area contributed by atoms with Gasteiger partial charge in [0.1, 0.15) is 0 Å². The maximum Gasteiger partial charge on any atom is 0.0898 e. The van der Waals surface area contributed by atoms with Crippen molar-refractivity contribution in [1.82, 2.24) is 5.32 Å². The highest BCUT2D eigenvalue weighted by atomic mass is 32.1. The highest BCUT2D eigenvalue weighted by Gasteiger charge is 2.21. The molecule has 0 radical (unpaired) electrons. The number of aliphatic hydroxyl groups excluding tert-OH is 1. The number of benzene rings is 1. The molecule has 2 atom stereocenters. The molecule has 0 saturated heterocycles. The van der Waals surface area contributed by atoms with Gasteiger partial charge < -0.3 is 15.2 Å². The van der Waals surface area contributed by atoms with E-state index in [-0.39, 0.29) is 0 Å². The van der Waals surface area contributed by atoms with Crippen LogP contribution in [0.2, 0.25) is 0 Å². The van der Waals surface area contributed by atoms with Gasteiger partial charge in [-0.05, 0) is 35.4 Å². The minimum absolute atomic E-state index is 0.369. The third kappa shape index (κ3) is 3.92. The lowest BCUT2D eigenvalue weighted by molar-refractivity contribution is 0.0286. The van der Waals surface area contributed by atoms with E-state index < -0.39 is 6.10 Å². The van der Waals surface area contributed by atoms with E-state index in [0.717, 1.165) is 12.8 Å². The highest BCUT2D eigenvalue weighted by Crippen LogP contribution is 2.30. The van der Waals surface area contributed by atoms with Crippen LogP contribution in [-0.2, 0) is 17.8 Å². The Bertz CT molecular complexity index is 556. The lowest BCUT2D eigenvalue weighted by Gasteiger charge is -2.17. The average Bonchev–Trinajstić information content (AvgIpc) is 3.14. The van der Waals surface area contributed by atoms with Crippen molar-refractivity contribution in [2.45, 2.75) is 31.6 Å². The Kier molecular flexibility index (Phi) is 5.04. The molecule has 0 spiro atoms. The SMILES string of the molecule is OC(CNC1CCc2ccccc21)COCc1cccs1. The first-order valence-corrected chi connectivity index (χ1v) is 8.30. The normalized spacial score (nSPS) is 18.6. The van der Waals surface area contributed by atoms with Crippen LogP contribution in [0.25, 0.3) is 0 Å². The average molecular weight is 303 g/mol. The zero-order valence-electron chi connectivity index (χ0n) is 12.0. The molecule has 0 aliphatic heterocycles. The number of nitrogens with one attached hydrogen (secondary N) is 1. The molecule has 0 saturated carbocycles. The first kappa shape index (κ1) is 14.7. The molecule has 4 heteroatoms. The molecular formula is C17H21NO2S. The van der Waals surface area contributed by atoms with Gasteiger partial charge >= 0.3 is 0 Å². The fraction of sp³-hybridized carbons (Fsp3) is 0.412. The van der Waals surface area contributed by atoms with Crippen molar-refractivity contribution in [3.63, 3.8) is 0 Å². The Balaban J connectivity index is 1.39. The largest absolute Gasteiger partial charge is 0.389 e. The second kappa shape index (κ2) is 7.18. The first-order valence-electron chi connectivity index (χ1n) is 7.42. The summed E-state index contributed by atoms with van der Waals surface area (Å²) >= 11 is 1.68. The molecule has 1 heterocycles. The van der Waals surface area contributed by atoms with Gasteiger partial charge in [0.2, 0.25) is 0 Å². The van der Waals surface area contributed by atoms with Crippen LogP contribution in [0.3, 0.4) is 0 Å². The summed E-state index contributed by atoms with van der Waals surface area (Å²) < 4.78 is 5.54. The van der Waals surface area contributed by atoms with E-state index in [9.17, 15) is 5.11 Å². The zero-order chi connectivity index (χ0) is 14.5. The molecule has 1 aliphatic carbocycles. The third-order valence-corrected chi connectivity index (χ3v) is 4.72. The van der Waals surface area contributed by atoms with Gasteiger partial charge in [-0.25, -0.2) is 0 Å². The first-order chi connectivity index (χ1) is 10.3. The van der Waals surface area contributed by atoms with Crippen molar-refractivity contribution in [1.29, 1.82) is 0 Å². The standard InChI is InChI=1S/C17H21NO2S/c19-14(11-20-12-15-5-3-9-21-15)10-18-17-8-7-13-4-1-2-6-16(13)17/h1-6,9,14,17-19H,7-8,10-12H2. The predicted molar refractivity (Wildman–Crippen MR) is 85.5 cm³/mol. The van der Waals surface area contributed by atoms with Crippen LogP contribution in [0.15, 0.2) is 41.8 Å². The second-order valence-corrected chi connectivity index (χ2v) is 6.48. The Labute approximate surface area is 129 Å². The van der Waals surface area contributed by atoms with E-state index in [1.54, 1.807) is 11.3 Å². The van der Waals surface area contributed by atoms with Gasteiger partial charge in [0.25, 0.3) is 0 Å². The molecule has 0 bridgehead atoms. The number of fused-ring (bicyclic) bond motifs is 1. The van der Waals surface area contributed by atoms with Crippen LogP contribution in [0.4, 0.5) is 0 Å². The van der Waals surface area contributed by atoms with E-state index in [0.29, 0.717) is 25.8 Å². The van der Waals surface area contributed by atoms with Gasteiger partial charge in [-0.1, -0.05) is 30.3 Å². The van der Waals surface area contributed by atoms with Gasteiger partial charge in [0, 0.05) is 17.5 Å². The molecule has 1 aromatic heterocycles. The van der Waals surface area contributed by atoms with Crippen molar-refractivity contribution in [3.8, 4) is 0 Å². The number of aliphatic hydroxyl groups is 1. The Morgan fingerprint density at radius 3 is 3.05 bits per heavy atom. The summed E-state index contributed by atoms with van der Waals surface area (Å²) in [7, 11) is 0. The van der Waals surface area contributed by atoms with Gasteiger partial charge in [-0.2, -0.15) is 0 Å². The summed E-state index contributed by atoms with van der Waals surface area (Å²) in [5, 5.41) is 15.5. The number of ether oxygens (including phenoxy) is 1. The molecular weight excluding hydrogens is 282 g/mol. The molecule has 112 valence electrons. The smallest absolute Gasteiger partial charge is 0.0898 e. The molecule has 0 amide bonds. The summed E-state index contributed by atoms with van der Waals surface area (Å²) in [6.07, 6.45) is 1.78. The topological polar surface area (TPSA) is 41.5 Å². The van der Waals surface area contributed by atoms with E-state index in [2.05, 4.69) is 29.6 Å². The fourth-order valence-electron chi connectivity index (χ4n) is 2.80. The minimum atomic E-state index is -0.460. The van der Waals surface area contributed by atoms with E-state index >= 15 is 0 Å². The molecule has 3 rings (SSSR count). The monoisotopic (exact) mass is 303 g/mol. The molecule has 2 unspecified atom stereocenters. The molecule has 21 heavy (non-hydrogen) atoms. The molecule has 2 aromatic rings. The molecule has 3 nitrogen and oxygen atoms in total. The maximum atomic E-state index is 10.0. The van der Waals surface area contributed by atoms with E-state index in [1.165, 1.54) is 16.0 Å². The maximum absolute atomic E-state index is 10.0. The van der Waals surface area contributed by atoms with Crippen LogP contribution >= 0.6 is 11.3 Å². The lowest BCUT2D eigenvalue weighted by atomic mass is 10.1. The number of rotatable bonds is 7. The molecule has 0 fully saturated rings. The number of hydrogen-bond donors (Lipinski definition) is 2. The Morgan fingerprint density at radius 2 is 2.19 bits per heavy atom. The lowest BCUT2D eigenvalue weighted by Crippen LogP contribution is -2.32. The van der Waals surface area contributed by atoms with Crippen LogP contribution in [-0.4, -0.2) is 24.4 Å².